The lowest BCUT2D eigenvalue weighted by Crippen LogP contribution is -2.24. The Labute approximate surface area is 113 Å². The van der Waals surface area contributed by atoms with Crippen molar-refractivity contribution in [1.29, 1.82) is 0 Å². The molecule has 102 valence electrons. The molecule has 0 aromatic carbocycles. The molecule has 0 bridgehead atoms. The number of aromatic nitrogens is 4. The van der Waals surface area contributed by atoms with Crippen LogP contribution >= 0.6 is 0 Å². The summed E-state index contributed by atoms with van der Waals surface area (Å²) < 4.78 is 11.7. The Kier molecular flexibility index (Phi) is 2.94. The summed E-state index contributed by atoms with van der Waals surface area (Å²) in [5.41, 5.74) is 1.21. The minimum absolute atomic E-state index is 0.116. The maximum Gasteiger partial charge on any atom is 0.256 e. The lowest BCUT2D eigenvalue weighted by Gasteiger charge is -2.04. The highest BCUT2D eigenvalue weighted by molar-refractivity contribution is 5.44. The Morgan fingerprint density at radius 2 is 2.20 bits per heavy atom. The van der Waals surface area contributed by atoms with Crippen molar-refractivity contribution in [2.45, 2.75) is 20.4 Å². The van der Waals surface area contributed by atoms with Crippen LogP contribution in [0.4, 0.5) is 0 Å². The molecule has 0 unspecified atom stereocenters. The van der Waals surface area contributed by atoms with Crippen molar-refractivity contribution in [3.63, 3.8) is 0 Å². The van der Waals surface area contributed by atoms with Gasteiger partial charge in [0.2, 0.25) is 11.7 Å². The average Bonchev–Trinajstić information content (AvgIpc) is 3.10. The topological polar surface area (TPSA) is 86.9 Å². The zero-order valence-electron chi connectivity index (χ0n) is 11.0. The minimum atomic E-state index is -0.116. The van der Waals surface area contributed by atoms with Crippen molar-refractivity contribution in [2.75, 3.05) is 0 Å². The predicted molar refractivity (Wildman–Crippen MR) is 69.1 cm³/mol. The van der Waals surface area contributed by atoms with E-state index in [9.17, 15) is 4.79 Å². The molecule has 7 nitrogen and oxygen atoms in total. The first-order chi connectivity index (χ1) is 9.65. The highest BCUT2D eigenvalue weighted by atomic mass is 16.5. The zero-order valence-corrected chi connectivity index (χ0v) is 11.0. The first-order valence-electron chi connectivity index (χ1n) is 6.04. The van der Waals surface area contributed by atoms with E-state index in [0.29, 0.717) is 28.7 Å². The van der Waals surface area contributed by atoms with Crippen LogP contribution in [-0.2, 0) is 6.54 Å². The second kappa shape index (κ2) is 4.76. The molecule has 0 radical (unpaired) electrons. The van der Waals surface area contributed by atoms with Gasteiger partial charge in [-0.1, -0.05) is 5.16 Å². The summed E-state index contributed by atoms with van der Waals surface area (Å²) in [5.74, 6) is 1.20. The van der Waals surface area contributed by atoms with Gasteiger partial charge in [-0.2, -0.15) is 4.98 Å². The van der Waals surface area contributed by atoms with Crippen LogP contribution in [0.15, 0.2) is 38.5 Å². The van der Waals surface area contributed by atoms with Crippen LogP contribution in [-0.4, -0.2) is 19.7 Å². The summed E-state index contributed by atoms with van der Waals surface area (Å²) in [6.45, 7) is 3.71. The Balaban J connectivity index is 1.89. The van der Waals surface area contributed by atoms with E-state index < -0.39 is 0 Å². The van der Waals surface area contributed by atoms with Crippen LogP contribution in [0.25, 0.3) is 11.6 Å². The Bertz CT molecular complexity index is 786. The first kappa shape index (κ1) is 12.3. The largest absolute Gasteiger partial charge is 0.461 e. The lowest BCUT2D eigenvalue weighted by atomic mass is 10.3. The quantitative estimate of drug-likeness (QED) is 0.719. The molecule has 0 aliphatic heterocycles. The van der Waals surface area contributed by atoms with Crippen molar-refractivity contribution in [2.24, 2.45) is 0 Å². The average molecular weight is 272 g/mol. The van der Waals surface area contributed by atoms with Gasteiger partial charge in [0.15, 0.2) is 5.76 Å². The number of rotatable bonds is 3. The van der Waals surface area contributed by atoms with Crippen molar-refractivity contribution in [1.82, 2.24) is 19.7 Å². The molecule has 7 heteroatoms. The van der Waals surface area contributed by atoms with Crippen molar-refractivity contribution in [3.05, 3.63) is 52.2 Å². The molecule has 0 amide bonds. The van der Waals surface area contributed by atoms with E-state index >= 15 is 0 Å². The van der Waals surface area contributed by atoms with Gasteiger partial charge in [0.1, 0.15) is 6.54 Å². The Hall–Kier alpha value is -2.70. The second-order valence-corrected chi connectivity index (χ2v) is 4.38. The van der Waals surface area contributed by atoms with Gasteiger partial charge in [-0.15, -0.1) is 0 Å². The third kappa shape index (κ3) is 2.13. The van der Waals surface area contributed by atoms with E-state index in [1.165, 1.54) is 17.2 Å². The van der Waals surface area contributed by atoms with Crippen LogP contribution in [0.1, 0.15) is 17.1 Å². The summed E-state index contributed by atoms with van der Waals surface area (Å²) in [5, 5.41) is 3.81. The van der Waals surface area contributed by atoms with Crippen molar-refractivity contribution >= 4 is 0 Å². The fourth-order valence-corrected chi connectivity index (χ4v) is 1.76. The maximum absolute atomic E-state index is 12.0. The van der Waals surface area contributed by atoms with Crippen LogP contribution < -0.4 is 5.56 Å². The predicted octanol–water partition coefficient (Wildman–Crippen LogP) is 1.55. The number of nitrogens with zero attached hydrogens (tertiary/aromatic N) is 4. The zero-order chi connectivity index (χ0) is 14.1. The molecule has 3 aromatic rings. The molecule has 20 heavy (non-hydrogen) atoms. The molecule has 0 N–H and O–H groups in total. The molecule has 0 saturated heterocycles. The van der Waals surface area contributed by atoms with Crippen LogP contribution in [0.5, 0.6) is 0 Å². The van der Waals surface area contributed by atoms with Gasteiger partial charge < -0.3 is 8.94 Å². The second-order valence-electron chi connectivity index (χ2n) is 4.38. The standard InChI is InChI=1S/C13H12N4O3/c1-8-9(2)14-7-17(13(8)18)6-11-15-12(16-20-11)10-4-3-5-19-10/h3-5,7H,6H2,1-2H3. The molecule has 0 aliphatic carbocycles. The van der Waals surface area contributed by atoms with Gasteiger partial charge in [0, 0.05) is 11.3 Å². The van der Waals surface area contributed by atoms with Crippen LogP contribution in [0.3, 0.4) is 0 Å². The third-order valence-corrected chi connectivity index (χ3v) is 3.03. The Morgan fingerprint density at radius 3 is 2.95 bits per heavy atom. The number of furan rings is 1. The molecule has 3 heterocycles. The Morgan fingerprint density at radius 1 is 1.35 bits per heavy atom. The molecule has 0 spiro atoms. The fourth-order valence-electron chi connectivity index (χ4n) is 1.76. The number of hydrogen-bond acceptors (Lipinski definition) is 6. The molecule has 0 fully saturated rings. The first-order valence-corrected chi connectivity index (χ1v) is 6.04. The van der Waals surface area contributed by atoms with E-state index in [1.807, 2.05) is 0 Å². The SMILES string of the molecule is Cc1ncn(Cc2nc(-c3ccco3)no2)c(=O)c1C. The maximum atomic E-state index is 12.0. The molecular weight excluding hydrogens is 260 g/mol. The van der Waals surface area contributed by atoms with Gasteiger partial charge in [0.05, 0.1) is 12.6 Å². The van der Waals surface area contributed by atoms with E-state index in [1.54, 1.807) is 26.0 Å². The summed E-state index contributed by atoms with van der Waals surface area (Å²) in [6.07, 6.45) is 3.00. The van der Waals surface area contributed by atoms with Gasteiger partial charge in [-0.25, -0.2) is 4.98 Å². The molecule has 0 aliphatic rings. The van der Waals surface area contributed by atoms with Crippen molar-refractivity contribution < 1.29 is 8.94 Å². The lowest BCUT2D eigenvalue weighted by molar-refractivity contribution is 0.368. The summed E-state index contributed by atoms with van der Waals surface area (Å²) in [4.78, 5) is 20.4. The van der Waals surface area contributed by atoms with E-state index in [2.05, 4.69) is 15.1 Å². The van der Waals surface area contributed by atoms with Gasteiger partial charge in [-0.3, -0.25) is 9.36 Å². The monoisotopic (exact) mass is 272 g/mol. The highest BCUT2D eigenvalue weighted by Crippen LogP contribution is 2.15. The molecule has 0 saturated carbocycles. The molecular formula is C13H12N4O3. The summed E-state index contributed by atoms with van der Waals surface area (Å²) in [6, 6.07) is 3.47. The number of hydrogen-bond donors (Lipinski definition) is 0. The molecule has 0 atom stereocenters. The fraction of sp³-hybridized carbons (Fsp3) is 0.231. The smallest absolute Gasteiger partial charge is 0.256 e. The van der Waals surface area contributed by atoms with Crippen LogP contribution in [0.2, 0.25) is 0 Å². The van der Waals surface area contributed by atoms with E-state index in [0.717, 1.165) is 0 Å². The summed E-state index contributed by atoms with van der Waals surface area (Å²) in [7, 11) is 0. The van der Waals surface area contributed by atoms with Gasteiger partial charge in [0.25, 0.3) is 5.56 Å². The van der Waals surface area contributed by atoms with Gasteiger partial charge >= 0.3 is 0 Å². The summed E-state index contributed by atoms with van der Waals surface area (Å²) >= 11 is 0. The van der Waals surface area contributed by atoms with Crippen molar-refractivity contribution in [3.8, 4) is 11.6 Å². The van der Waals surface area contributed by atoms with E-state index in [4.69, 9.17) is 8.94 Å². The van der Waals surface area contributed by atoms with E-state index in [-0.39, 0.29) is 12.1 Å². The third-order valence-electron chi connectivity index (χ3n) is 3.03. The molecule has 3 rings (SSSR count). The van der Waals surface area contributed by atoms with Gasteiger partial charge in [-0.05, 0) is 26.0 Å². The normalized spacial score (nSPS) is 10.9. The minimum Gasteiger partial charge on any atom is -0.461 e. The highest BCUT2D eigenvalue weighted by Gasteiger charge is 2.12. The number of aryl methyl sites for hydroxylation is 1. The molecule has 3 aromatic heterocycles. The van der Waals surface area contributed by atoms with Crippen LogP contribution in [0, 0.1) is 13.8 Å².